The average Bonchev–Trinajstić information content (AvgIpc) is 2.88. The molecule has 0 saturated heterocycles. The van der Waals surface area contributed by atoms with Crippen LogP contribution < -0.4 is 5.32 Å². The SMILES string of the molecule is Cc1ccc([C@@H](C(=O)NC2CCCCC2)N(CCc2ccccc2)C(=O)c2ccccn2)cc1. The molecule has 5 nitrogen and oxygen atoms in total. The lowest BCUT2D eigenvalue weighted by Gasteiger charge is -2.33. The predicted molar refractivity (Wildman–Crippen MR) is 134 cm³/mol. The van der Waals surface area contributed by atoms with Gasteiger partial charge in [0.25, 0.3) is 5.91 Å². The molecular formula is C29H33N3O2. The molecule has 0 radical (unpaired) electrons. The topological polar surface area (TPSA) is 62.3 Å². The molecule has 1 aliphatic rings. The highest BCUT2D eigenvalue weighted by Crippen LogP contribution is 2.26. The Kier molecular flexibility index (Phi) is 8.08. The van der Waals surface area contributed by atoms with Gasteiger partial charge in [-0.15, -0.1) is 0 Å². The number of aryl methyl sites for hydroxylation is 1. The van der Waals surface area contributed by atoms with Crippen LogP contribution in [0.15, 0.2) is 79.0 Å². The fraction of sp³-hybridized carbons (Fsp3) is 0.345. The first-order valence-electron chi connectivity index (χ1n) is 12.2. The average molecular weight is 456 g/mol. The number of rotatable bonds is 8. The molecule has 34 heavy (non-hydrogen) atoms. The summed E-state index contributed by atoms with van der Waals surface area (Å²) in [6.45, 7) is 2.43. The minimum Gasteiger partial charge on any atom is -0.351 e. The fourth-order valence-corrected chi connectivity index (χ4v) is 4.63. The highest BCUT2D eigenvalue weighted by Gasteiger charge is 2.33. The number of aromatic nitrogens is 1. The molecule has 0 bridgehead atoms. The molecule has 3 aromatic rings. The Hall–Kier alpha value is -3.47. The van der Waals surface area contributed by atoms with Gasteiger partial charge >= 0.3 is 0 Å². The highest BCUT2D eigenvalue weighted by molar-refractivity contribution is 5.96. The monoisotopic (exact) mass is 455 g/mol. The van der Waals surface area contributed by atoms with Crippen LogP contribution in [0.3, 0.4) is 0 Å². The maximum Gasteiger partial charge on any atom is 0.273 e. The van der Waals surface area contributed by atoms with Crippen LogP contribution in [0.2, 0.25) is 0 Å². The normalized spacial score (nSPS) is 14.9. The second-order valence-electron chi connectivity index (χ2n) is 9.11. The Morgan fingerprint density at radius 3 is 2.32 bits per heavy atom. The second-order valence-corrected chi connectivity index (χ2v) is 9.11. The highest BCUT2D eigenvalue weighted by atomic mass is 16.2. The van der Waals surface area contributed by atoms with Crippen LogP contribution >= 0.6 is 0 Å². The van der Waals surface area contributed by atoms with Gasteiger partial charge in [-0.2, -0.15) is 0 Å². The number of hydrogen-bond acceptors (Lipinski definition) is 3. The summed E-state index contributed by atoms with van der Waals surface area (Å²) >= 11 is 0. The van der Waals surface area contributed by atoms with Gasteiger partial charge < -0.3 is 10.2 Å². The van der Waals surface area contributed by atoms with Gasteiger partial charge in [-0.05, 0) is 49.4 Å². The summed E-state index contributed by atoms with van der Waals surface area (Å²) in [5.74, 6) is -0.353. The van der Waals surface area contributed by atoms with E-state index in [9.17, 15) is 9.59 Å². The van der Waals surface area contributed by atoms with Crippen molar-refractivity contribution in [2.75, 3.05) is 6.54 Å². The Balaban J connectivity index is 1.68. The first-order chi connectivity index (χ1) is 16.6. The third kappa shape index (κ3) is 6.10. The van der Waals surface area contributed by atoms with E-state index >= 15 is 0 Å². The van der Waals surface area contributed by atoms with E-state index in [2.05, 4.69) is 10.3 Å². The lowest BCUT2D eigenvalue weighted by molar-refractivity contribution is -0.126. The molecule has 1 atom stereocenters. The molecule has 1 N–H and O–H groups in total. The van der Waals surface area contributed by atoms with Crippen molar-refractivity contribution >= 4 is 11.8 Å². The van der Waals surface area contributed by atoms with Crippen molar-refractivity contribution in [1.29, 1.82) is 0 Å². The van der Waals surface area contributed by atoms with Gasteiger partial charge in [0.05, 0.1) is 0 Å². The lowest BCUT2D eigenvalue weighted by atomic mass is 9.94. The van der Waals surface area contributed by atoms with Crippen molar-refractivity contribution in [3.63, 3.8) is 0 Å². The number of benzene rings is 2. The smallest absolute Gasteiger partial charge is 0.273 e. The summed E-state index contributed by atoms with van der Waals surface area (Å²) < 4.78 is 0. The largest absolute Gasteiger partial charge is 0.351 e. The molecule has 1 aromatic heterocycles. The van der Waals surface area contributed by atoms with Gasteiger partial charge in [0, 0.05) is 18.8 Å². The standard InChI is InChI=1S/C29H33N3O2/c1-22-15-17-24(18-16-22)27(28(33)31-25-12-6-3-7-13-25)32(21-19-23-10-4-2-5-11-23)29(34)26-14-8-9-20-30-26/h2,4-5,8-11,14-18,20,25,27H,3,6-7,12-13,19,21H2,1H3,(H,31,33)/t27-/m0/s1. The van der Waals surface area contributed by atoms with E-state index in [-0.39, 0.29) is 17.9 Å². The quantitative estimate of drug-likeness (QED) is 0.504. The zero-order valence-corrected chi connectivity index (χ0v) is 19.8. The van der Waals surface area contributed by atoms with Crippen molar-refractivity contribution in [2.24, 2.45) is 0 Å². The van der Waals surface area contributed by atoms with E-state index in [1.54, 1.807) is 29.3 Å². The van der Waals surface area contributed by atoms with E-state index in [0.717, 1.165) is 42.4 Å². The number of amides is 2. The van der Waals surface area contributed by atoms with Gasteiger partial charge in [-0.3, -0.25) is 14.6 Å². The minimum atomic E-state index is -0.722. The summed E-state index contributed by atoms with van der Waals surface area (Å²) in [5, 5.41) is 3.26. The van der Waals surface area contributed by atoms with E-state index in [1.165, 1.54) is 6.42 Å². The summed E-state index contributed by atoms with van der Waals surface area (Å²) in [7, 11) is 0. The van der Waals surface area contributed by atoms with Gasteiger partial charge in [-0.25, -0.2) is 0 Å². The fourth-order valence-electron chi connectivity index (χ4n) is 4.63. The Morgan fingerprint density at radius 1 is 0.941 bits per heavy atom. The Labute approximate surface area is 202 Å². The Morgan fingerprint density at radius 2 is 1.65 bits per heavy atom. The third-order valence-corrected chi connectivity index (χ3v) is 6.53. The molecule has 4 rings (SSSR count). The molecule has 1 aliphatic carbocycles. The van der Waals surface area contributed by atoms with Crippen LogP contribution in [0.5, 0.6) is 0 Å². The van der Waals surface area contributed by atoms with Crippen LogP contribution in [-0.2, 0) is 11.2 Å². The molecule has 176 valence electrons. The van der Waals surface area contributed by atoms with Crippen molar-refractivity contribution in [1.82, 2.24) is 15.2 Å². The molecule has 1 saturated carbocycles. The van der Waals surface area contributed by atoms with Crippen LogP contribution in [0.25, 0.3) is 0 Å². The van der Waals surface area contributed by atoms with Crippen LogP contribution in [0, 0.1) is 6.92 Å². The minimum absolute atomic E-state index is 0.118. The molecular weight excluding hydrogens is 422 g/mol. The van der Waals surface area contributed by atoms with Gasteiger partial charge in [0.15, 0.2) is 0 Å². The summed E-state index contributed by atoms with van der Waals surface area (Å²) in [6.07, 6.45) is 7.73. The zero-order valence-electron chi connectivity index (χ0n) is 19.8. The molecule has 0 unspecified atom stereocenters. The number of nitrogens with zero attached hydrogens (tertiary/aromatic N) is 2. The molecule has 2 aromatic carbocycles. The van der Waals surface area contributed by atoms with E-state index in [0.29, 0.717) is 18.7 Å². The van der Waals surface area contributed by atoms with Crippen molar-refractivity contribution in [3.8, 4) is 0 Å². The van der Waals surface area contributed by atoms with Gasteiger partial charge in [-0.1, -0.05) is 85.5 Å². The maximum absolute atomic E-state index is 13.8. The summed E-state index contributed by atoms with van der Waals surface area (Å²) in [5.41, 5.74) is 3.40. The lowest BCUT2D eigenvalue weighted by Crippen LogP contribution is -2.47. The molecule has 5 heteroatoms. The molecule has 1 heterocycles. The first kappa shape index (κ1) is 23.7. The molecule has 0 spiro atoms. The van der Waals surface area contributed by atoms with Crippen molar-refractivity contribution in [3.05, 3.63) is 101 Å². The van der Waals surface area contributed by atoms with E-state index in [1.807, 2.05) is 61.5 Å². The molecule has 0 aliphatic heterocycles. The van der Waals surface area contributed by atoms with Crippen LogP contribution in [0.4, 0.5) is 0 Å². The van der Waals surface area contributed by atoms with E-state index < -0.39 is 6.04 Å². The van der Waals surface area contributed by atoms with Crippen LogP contribution in [0.1, 0.15) is 65.3 Å². The number of carbonyl (C=O) groups is 2. The number of pyridine rings is 1. The second kappa shape index (κ2) is 11.6. The van der Waals surface area contributed by atoms with Crippen molar-refractivity contribution in [2.45, 2.75) is 57.5 Å². The summed E-state index contributed by atoms with van der Waals surface area (Å²) in [4.78, 5) is 33.5. The third-order valence-electron chi connectivity index (χ3n) is 6.53. The summed E-state index contributed by atoms with van der Waals surface area (Å²) in [6, 6.07) is 22.7. The van der Waals surface area contributed by atoms with Crippen molar-refractivity contribution < 1.29 is 9.59 Å². The van der Waals surface area contributed by atoms with Crippen LogP contribution in [-0.4, -0.2) is 34.3 Å². The Bertz CT molecular complexity index is 1060. The van der Waals surface area contributed by atoms with Gasteiger partial charge in [0.2, 0.25) is 5.91 Å². The number of hydrogen-bond donors (Lipinski definition) is 1. The first-order valence-corrected chi connectivity index (χ1v) is 12.2. The molecule has 2 amide bonds. The zero-order chi connectivity index (χ0) is 23.8. The maximum atomic E-state index is 13.8. The molecule has 1 fully saturated rings. The number of carbonyl (C=O) groups excluding carboxylic acids is 2. The van der Waals surface area contributed by atoms with E-state index in [4.69, 9.17) is 0 Å². The predicted octanol–water partition coefficient (Wildman–Crippen LogP) is 5.27. The van der Waals surface area contributed by atoms with Gasteiger partial charge in [0.1, 0.15) is 11.7 Å². The number of nitrogens with one attached hydrogen (secondary N) is 1.